The van der Waals surface area contributed by atoms with Crippen LogP contribution in [0.1, 0.15) is 45.4 Å². The van der Waals surface area contributed by atoms with Crippen LogP contribution in [0, 0.1) is 5.82 Å². The van der Waals surface area contributed by atoms with Gasteiger partial charge in [0.2, 0.25) is 5.91 Å². The van der Waals surface area contributed by atoms with Gasteiger partial charge in [0.1, 0.15) is 5.82 Å². The lowest BCUT2D eigenvalue weighted by atomic mass is 9.75. The zero-order valence-corrected chi connectivity index (χ0v) is 24.1. The van der Waals surface area contributed by atoms with Gasteiger partial charge in [0, 0.05) is 44.8 Å². The van der Waals surface area contributed by atoms with Crippen molar-refractivity contribution in [3.63, 3.8) is 0 Å². The lowest BCUT2D eigenvalue weighted by Gasteiger charge is -2.45. The van der Waals surface area contributed by atoms with Crippen molar-refractivity contribution in [1.29, 1.82) is 0 Å². The molecule has 220 valence electrons. The van der Waals surface area contributed by atoms with Gasteiger partial charge < -0.3 is 24.6 Å². The van der Waals surface area contributed by atoms with E-state index in [-0.39, 0.29) is 17.6 Å². The van der Waals surface area contributed by atoms with Crippen molar-refractivity contribution < 1.29 is 23.5 Å². The Morgan fingerprint density at radius 1 is 0.929 bits per heavy atom. The average molecular weight is 573 g/mol. The highest BCUT2D eigenvalue weighted by molar-refractivity contribution is 6.01. The second-order valence-electron chi connectivity index (χ2n) is 11.1. The average Bonchev–Trinajstić information content (AvgIpc) is 3.03. The Bertz CT molecular complexity index is 1470. The molecule has 6 rings (SSSR count). The molecule has 1 fully saturated rings. The first-order chi connectivity index (χ1) is 20.5. The molecule has 0 radical (unpaired) electrons. The zero-order chi connectivity index (χ0) is 29.2. The molecule has 3 aromatic rings. The predicted molar refractivity (Wildman–Crippen MR) is 159 cm³/mol. The molecule has 8 nitrogen and oxygen atoms in total. The Hall–Kier alpha value is -4.11. The van der Waals surface area contributed by atoms with Crippen LogP contribution in [0.2, 0.25) is 0 Å². The van der Waals surface area contributed by atoms with Gasteiger partial charge in [-0.2, -0.15) is 0 Å². The van der Waals surface area contributed by atoms with Gasteiger partial charge in [0.05, 0.1) is 31.9 Å². The normalized spacial score (nSPS) is 19.9. The number of hydrogen-bond donors (Lipinski definition) is 1. The van der Waals surface area contributed by atoms with E-state index in [0.29, 0.717) is 42.3 Å². The van der Waals surface area contributed by atoms with Crippen molar-refractivity contribution in [2.24, 2.45) is 0 Å². The number of amides is 2. The number of nitrogens with one attached hydrogen (secondary N) is 1. The summed E-state index contributed by atoms with van der Waals surface area (Å²) in [7, 11) is 3.20. The summed E-state index contributed by atoms with van der Waals surface area (Å²) in [4.78, 5) is 33.8. The van der Waals surface area contributed by atoms with Crippen LogP contribution < -0.4 is 19.7 Å². The molecule has 3 heterocycles. The first-order valence-electron chi connectivity index (χ1n) is 14.6. The third-order valence-corrected chi connectivity index (χ3v) is 8.82. The van der Waals surface area contributed by atoms with Crippen molar-refractivity contribution in [2.45, 2.75) is 24.8 Å². The minimum atomic E-state index is -0.541. The van der Waals surface area contributed by atoms with Gasteiger partial charge in [0.15, 0.2) is 11.5 Å². The van der Waals surface area contributed by atoms with Crippen LogP contribution >= 0.6 is 0 Å². The van der Waals surface area contributed by atoms with Crippen LogP contribution in [0.5, 0.6) is 11.5 Å². The fourth-order valence-electron chi connectivity index (χ4n) is 6.68. The fraction of sp³-hybridized carbons (Fsp3) is 0.394. The Balaban J connectivity index is 1.14. The van der Waals surface area contributed by atoms with Crippen LogP contribution in [-0.2, 0) is 11.2 Å². The number of anilines is 1. The lowest BCUT2D eigenvalue weighted by molar-refractivity contribution is -0.124. The molecule has 0 unspecified atom stereocenters. The number of benzene rings is 3. The van der Waals surface area contributed by atoms with Crippen molar-refractivity contribution in [3.8, 4) is 11.5 Å². The van der Waals surface area contributed by atoms with E-state index in [2.05, 4.69) is 15.1 Å². The van der Waals surface area contributed by atoms with E-state index in [9.17, 15) is 14.0 Å². The van der Waals surface area contributed by atoms with Gasteiger partial charge >= 0.3 is 0 Å². The van der Waals surface area contributed by atoms with Gasteiger partial charge in [-0.05, 0) is 66.4 Å². The molecule has 1 saturated heterocycles. The first-order valence-corrected chi connectivity index (χ1v) is 14.6. The van der Waals surface area contributed by atoms with Gasteiger partial charge in [-0.15, -0.1) is 0 Å². The summed E-state index contributed by atoms with van der Waals surface area (Å²) in [5.74, 6) is 0.366. The molecular formula is C33H37FN4O4. The molecule has 0 spiro atoms. The van der Waals surface area contributed by atoms with E-state index in [1.54, 1.807) is 20.3 Å². The molecule has 0 aliphatic carbocycles. The number of carbonyl (C=O) groups is 2. The van der Waals surface area contributed by atoms with E-state index >= 15 is 0 Å². The molecule has 2 amide bonds. The maximum atomic E-state index is 14.2. The van der Waals surface area contributed by atoms with Gasteiger partial charge in [0.25, 0.3) is 5.91 Å². The third kappa shape index (κ3) is 5.17. The molecule has 2 atom stereocenters. The second-order valence-corrected chi connectivity index (χ2v) is 11.1. The largest absolute Gasteiger partial charge is 0.493 e. The molecule has 3 aliphatic rings. The van der Waals surface area contributed by atoms with E-state index in [1.165, 1.54) is 6.07 Å². The highest BCUT2D eigenvalue weighted by atomic mass is 19.1. The molecular weight excluding hydrogens is 535 g/mol. The number of hydrogen-bond acceptors (Lipinski definition) is 6. The number of nitrogens with zero attached hydrogens (tertiary/aromatic N) is 3. The lowest BCUT2D eigenvalue weighted by Crippen LogP contribution is -2.50. The maximum absolute atomic E-state index is 14.2. The Morgan fingerprint density at radius 3 is 2.40 bits per heavy atom. The number of rotatable bonds is 8. The second kappa shape index (κ2) is 12.0. The monoisotopic (exact) mass is 572 g/mol. The first kappa shape index (κ1) is 28.0. The Morgan fingerprint density at radius 2 is 1.64 bits per heavy atom. The molecule has 0 aromatic heterocycles. The number of fused-ring (bicyclic) bond motifs is 4. The highest BCUT2D eigenvalue weighted by Crippen LogP contribution is 2.48. The minimum Gasteiger partial charge on any atom is -0.493 e. The summed E-state index contributed by atoms with van der Waals surface area (Å²) < 4.78 is 25.3. The molecule has 3 aromatic carbocycles. The molecule has 42 heavy (non-hydrogen) atoms. The van der Waals surface area contributed by atoms with Crippen LogP contribution in [0.15, 0.2) is 60.7 Å². The molecule has 0 saturated carbocycles. The third-order valence-electron chi connectivity index (χ3n) is 8.82. The number of methoxy groups -OCH3 is 2. The van der Waals surface area contributed by atoms with Gasteiger partial charge in [-0.3, -0.25) is 14.5 Å². The van der Waals surface area contributed by atoms with Crippen molar-refractivity contribution in [1.82, 2.24) is 15.1 Å². The topological polar surface area (TPSA) is 74.4 Å². The fourth-order valence-corrected chi connectivity index (χ4v) is 6.68. The van der Waals surface area contributed by atoms with Crippen LogP contribution in [0.25, 0.3) is 0 Å². The number of para-hydroxylation sites is 1. The number of halogens is 1. The van der Waals surface area contributed by atoms with E-state index in [0.717, 1.165) is 55.8 Å². The van der Waals surface area contributed by atoms with Crippen molar-refractivity contribution in [2.75, 3.05) is 64.9 Å². The summed E-state index contributed by atoms with van der Waals surface area (Å²) in [6.45, 7) is 5.14. The van der Waals surface area contributed by atoms with Crippen molar-refractivity contribution >= 4 is 17.5 Å². The smallest absolute Gasteiger partial charge is 0.254 e. The standard InChI is InChI=1S/C33H37FN4O4/c1-41-28-20-22-12-15-38-31(25(22)21-29(28)42-2)30(23-8-3-4-9-24(23)33(38)40)32(39)35-13-7-14-36-16-18-37(19-17-36)27-11-6-5-10-26(27)34/h3-6,8-11,20-21,30-31H,7,12-19H2,1-2H3,(H,35,39)/t30-,31-/m0/s1. The van der Waals surface area contributed by atoms with Crippen molar-refractivity contribution in [3.05, 3.63) is 88.7 Å². The summed E-state index contributed by atoms with van der Waals surface area (Å²) >= 11 is 0. The Labute approximate surface area is 246 Å². The maximum Gasteiger partial charge on any atom is 0.254 e. The van der Waals surface area contributed by atoms with Crippen LogP contribution in [0.3, 0.4) is 0 Å². The van der Waals surface area contributed by atoms with E-state index in [1.807, 2.05) is 53.4 Å². The van der Waals surface area contributed by atoms with E-state index in [4.69, 9.17) is 9.47 Å². The number of piperazine rings is 1. The molecule has 0 bridgehead atoms. The SMILES string of the molecule is COc1cc2c(cc1OC)[C@H]1[C@@H](C(=O)NCCCN3CCN(c4ccccc4F)CC3)c3ccccc3C(=O)N1CC2. The summed E-state index contributed by atoms with van der Waals surface area (Å²) in [5, 5.41) is 3.19. The minimum absolute atomic E-state index is 0.0467. The van der Waals surface area contributed by atoms with Gasteiger partial charge in [-0.25, -0.2) is 4.39 Å². The molecule has 9 heteroatoms. The summed E-state index contributed by atoms with van der Waals surface area (Å²) in [6.07, 6.45) is 1.48. The summed E-state index contributed by atoms with van der Waals surface area (Å²) in [5.41, 5.74) is 3.99. The summed E-state index contributed by atoms with van der Waals surface area (Å²) in [6, 6.07) is 17.8. The quantitative estimate of drug-likeness (QED) is 0.412. The predicted octanol–water partition coefficient (Wildman–Crippen LogP) is 4.01. The Kier molecular flexibility index (Phi) is 8.02. The van der Waals surface area contributed by atoms with Crippen LogP contribution in [-0.4, -0.2) is 81.6 Å². The number of ether oxygens (including phenoxy) is 2. The van der Waals surface area contributed by atoms with Crippen LogP contribution in [0.4, 0.5) is 10.1 Å². The van der Waals surface area contributed by atoms with E-state index < -0.39 is 12.0 Å². The zero-order valence-electron chi connectivity index (χ0n) is 24.1. The molecule has 3 aliphatic heterocycles. The molecule has 1 N–H and O–H groups in total. The number of carbonyl (C=O) groups excluding carboxylic acids is 2. The van der Waals surface area contributed by atoms with Gasteiger partial charge in [-0.1, -0.05) is 30.3 Å². The highest BCUT2D eigenvalue weighted by Gasteiger charge is 2.46.